The lowest BCUT2D eigenvalue weighted by atomic mass is 9.94. The third-order valence-electron chi connectivity index (χ3n) is 4.33. The minimum atomic E-state index is -0.934. The number of urea groups is 1. The van der Waals surface area contributed by atoms with E-state index in [2.05, 4.69) is 21.2 Å². The zero-order valence-corrected chi connectivity index (χ0v) is 16.9. The second-order valence-electron chi connectivity index (χ2n) is 5.89. The molecule has 0 spiro atoms. The first-order valence-corrected chi connectivity index (χ1v) is 8.99. The summed E-state index contributed by atoms with van der Waals surface area (Å²) in [7, 11) is 2.46. The van der Waals surface area contributed by atoms with Crippen LogP contribution in [0.5, 0.6) is 0 Å². The molecule has 0 aliphatic carbocycles. The summed E-state index contributed by atoms with van der Waals surface area (Å²) in [5.41, 5.74) is 1.41. The molecule has 1 N–H and O–H groups in total. The molecule has 9 heteroatoms. The van der Waals surface area contributed by atoms with Crippen molar-refractivity contribution in [1.82, 2.24) is 5.32 Å². The van der Waals surface area contributed by atoms with Crippen LogP contribution < -0.4 is 10.2 Å². The number of nitrogens with one attached hydrogen (secondary N) is 1. The number of hydrogen-bond donors (Lipinski definition) is 1. The lowest BCUT2D eigenvalue weighted by molar-refractivity contribution is -0.136. The standard InChI is InChI=1S/C19H17BrN2O6/c1-10-14(17(23)26-2)15(13-7-8-28-16(13)18(24)27-3)21-19(25)22(10)12-6-4-5-11(20)9-12/h4-9,15H,1-3H3,(H,21,25). The minimum Gasteiger partial charge on any atom is -0.466 e. The maximum absolute atomic E-state index is 12.9. The van der Waals surface area contributed by atoms with Crippen molar-refractivity contribution in [3.8, 4) is 0 Å². The van der Waals surface area contributed by atoms with Crippen molar-refractivity contribution in [2.75, 3.05) is 19.1 Å². The van der Waals surface area contributed by atoms with Gasteiger partial charge in [-0.15, -0.1) is 0 Å². The van der Waals surface area contributed by atoms with Crippen LogP contribution in [0.2, 0.25) is 0 Å². The second-order valence-corrected chi connectivity index (χ2v) is 6.80. The van der Waals surface area contributed by atoms with Crippen LogP contribution >= 0.6 is 15.9 Å². The van der Waals surface area contributed by atoms with Crippen molar-refractivity contribution in [1.29, 1.82) is 0 Å². The van der Waals surface area contributed by atoms with Gasteiger partial charge in [-0.3, -0.25) is 4.90 Å². The first-order valence-electron chi connectivity index (χ1n) is 8.20. The molecule has 2 amide bonds. The maximum atomic E-state index is 12.9. The van der Waals surface area contributed by atoms with Crippen LogP contribution in [-0.2, 0) is 14.3 Å². The monoisotopic (exact) mass is 448 g/mol. The fourth-order valence-corrected chi connectivity index (χ4v) is 3.47. The lowest BCUT2D eigenvalue weighted by Gasteiger charge is -2.35. The van der Waals surface area contributed by atoms with E-state index in [0.29, 0.717) is 16.9 Å². The number of esters is 2. The number of rotatable bonds is 4. The van der Waals surface area contributed by atoms with E-state index in [1.165, 1.54) is 31.4 Å². The molecule has 0 saturated heterocycles. The predicted octanol–water partition coefficient (Wildman–Crippen LogP) is 3.55. The average Bonchev–Trinajstić information content (AvgIpc) is 3.16. The van der Waals surface area contributed by atoms with Crippen LogP contribution in [0.1, 0.15) is 29.1 Å². The van der Waals surface area contributed by atoms with E-state index in [1.807, 2.05) is 6.07 Å². The number of carbonyl (C=O) groups excluding carboxylic acids is 3. The molecule has 2 aromatic rings. The van der Waals surface area contributed by atoms with Crippen molar-refractivity contribution in [3.05, 3.63) is 63.7 Å². The van der Waals surface area contributed by atoms with Crippen molar-refractivity contribution >= 4 is 39.6 Å². The van der Waals surface area contributed by atoms with Gasteiger partial charge in [0.2, 0.25) is 5.76 Å². The first kappa shape index (κ1) is 19.7. The number of methoxy groups -OCH3 is 2. The SMILES string of the molecule is COC(=O)C1=C(C)N(c2cccc(Br)c2)C(=O)NC1c1ccoc1C(=O)OC. The Labute approximate surface area is 169 Å². The molecule has 0 bridgehead atoms. The Kier molecular flexibility index (Phi) is 5.55. The maximum Gasteiger partial charge on any atom is 0.374 e. The highest BCUT2D eigenvalue weighted by atomic mass is 79.9. The van der Waals surface area contributed by atoms with Gasteiger partial charge < -0.3 is 19.2 Å². The quantitative estimate of drug-likeness (QED) is 0.718. The van der Waals surface area contributed by atoms with Gasteiger partial charge in [-0.25, -0.2) is 14.4 Å². The summed E-state index contributed by atoms with van der Waals surface area (Å²) in [5, 5.41) is 2.75. The molecule has 1 aliphatic rings. The number of furan rings is 1. The molecule has 0 radical (unpaired) electrons. The topological polar surface area (TPSA) is 98.1 Å². The summed E-state index contributed by atoms with van der Waals surface area (Å²) in [6.45, 7) is 1.64. The minimum absolute atomic E-state index is 0.0992. The number of anilines is 1. The van der Waals surface area contributed by atoms with Gasteiger partial charge in [0.15, 0.2) is 0 Å². The number of ether oxygens (including phenoxy) is 2. The lowest BCUT2D eigenvalue weighted by Crippen LogP contribution is -2.48. The van der Waals surface area contributed by atoms with E-state index in [-0.39, 0.29) is 11.3 Å². The molecular weight excluding hydrogens is 432 g/mol. The van der Waals surface area contributed by atoms with E-state index >= 15 is 0 Å². The van der Waals surface area contributed by atoms with Crippen LogP contribution in [0.4, 0.5) is 10.5 Å². The number of benzene rings is 1. The summed E-state index contributed by atoms with van der Waals surface area (Å²) in [5.74, 6) is -1.46. The van der Waals surface area contributed by atoms with Crippen LogP contribution in [0.25, 0.3) is 0 Å². The van der Waals surface area contributed by atoms with Gasteiger partial charge in [0.05, 0.1) is 37.8 Å². The molecule has 0 saturated carbocycles. The van der Waals surface area contributed by atoms with Crippen LogP contribution in [0, 0.1) is 0 Å². The fraction of sp³-hybridized carbons (Fsp3) is 0.211. The number of nitrogens with zero attached hydrogens (tertiary/aromatic N) is 1. The molecule has 0 fully saturated rings. The van der Waals surface area contributed by atoms with Gasteiger partial charge in [0.25, 0.3) is 0 Å². The Morgan fingerprint density at radius 3 is 2.54 bits per heavy atom. The molecule has 1 aliphatic heterocycles. The zero-order valence-electron chi connectivity index (χ0n) is 15.3. The number of halogens is 1. The Morgan fingerprint density at radius 2 is 1.89 bits per heavy atom. The highest BCUT2D eigenvalue weighted by molar-refractivity contribution is 9.10. The van der Waals surface area contributed by atoms with E-state index < -0.39 is 24.0 Å². The van der Waals surface area contributed by atoms with E-state index in [9.17, 15) is 14.4 Å². The molecule has 1 atom stereocenters. The Morgan fingerprint density at radius 1 is 1.18 bits per heavy atom. The summed E-state index contributed by atoms with van der Waals surface area (Å²) >= 11 is 3.37. The van der Waals surface area contributed by atoms with Gasteiger partial charge in [0, 0.05) is 15.7 Å². The number of hydrogen-bond acceptors (Lipinski definition) is 6. The Hall–Kier alpha value is -3.07. The highest BCUT2D eigenvalue weighted by Crippen LogP contribution is 2.36. The van der Waals surface area contributed by atoms with Crippen LogP contribution in [0.3, 0.4) is 0 Å². The zero-order chi connectivity index (χ0) is 20.4. The fourth-order valence-electron chi connectivity index (χ4n) is 3.08. The van der Waals surface area contributed by atoms with Gasteiger partial charge >= 0.3 is 18.0 Å². The molecule has 28 heavy (non-hydrogen) atoms. The number of allylic oxidation sites excluding steroid dienone is 1. The first-order chi connectivity index (χ1) is 13.4. The van der Waals surface area contributed by atoms with Gasteiger partial charge in [0.1, 0.15) is 0 Å². The smallest absolute Gasteiger partial charge is 0.374 e. The van der Waals surface area contributed by atoms with E-state index in [4.69, 9.17) is 13.9 Å². The largest absolute Gasteiger partial charge is 0.466 e. The second kappa shape index (κ2) is 7.89. The van der Waals surface area contributed by atoms with Crippen molar-refractivity contribution < 1.29 is 28.3 Å². The molecule has 3 rings (SSSR count). The molecule has 1 unspecified atom stereocenters. The summed E-state index contributed by atoms with van der Waals surface area (Å²) < 4.78 is 15.6. The Balaban J connectivity index is 2.16. The molecule has 146 valence electrons. The van der Waals surface area contributed by atoms with Gasteiger partial charge in [-0.1, -0.05) is 22.0 Å². The molecule has 1 aromatic heterocycles. The van der Waals surface area contributed by atoms with Crippen LogP contribution in [0.15, 0.2) is 56.8 Å². The van der Waals surface area contributed by atoms with Gasteiger partial charge in [-0.05, 0) is 31.2 Å². The van der Waals surface area contributed by atoms with Crippen molar-refractivity contribution in [2.24, 2.45) is 0 Å². The summed E-state index contributed by atoms with van der Waals surface area (Å²) in [4.78, 5) is 38.8. The number of amides is 2. The van der Waals surface area contributed by atoms with E-state index in [1.54, 1.807) is 25.1 Å². The summed E-state index contributed by atoms with van der Waals surface area (Å²) in [6, 6.07) is 7.18. The summed E-state index contributed by atoms with van der Waals surface area (Å²) in [6.07, 6.45) is 1.29. The van der Waals surface area contributed by atoms with Crippen LogP contribution in [-0.4, -0.2) is 32.2 Å². The molecule has 1 aromatic carbocycles. The highest BCUT2D eigenvalue weighted by Gasteiger charge is 2.39. The van der Waals surface area contributed by atoms with E-state index in [0.717, 1.165) is 4.47 Å². The normalized spacial score (nSPS) is 16.6. The average molecular weight is 449 g/mol. The third-order valence-corrected chi connectivity index (χ3v) is 4.83. The molecule has 8 nitrogen and oxygen atoms in total. The number of carbonyl (C=O) groups is 3. The Bertz CT molecular complexity index is 980. The third kappa shape index (κ3) is 3.40. The van der Waals surface area contributed by atoms with Crippen molar-refractivity contribution in [3.63, 3.8) is 0 Å². The molecule has 2 heterocycles. The predicted molar refractivity (Wildman–Crippen MR) is 103 cm³/mol. The molecular formula is C19H17BrN2O6. The van der Waals surface area contributed by atoms with Gasteiger partial charge in [-0.2, -0.15) is 0 Å². The van der Waals surface area contributed by atoms with Crippen molar-refractivity contribution in [2.45, 2.75) is 13.0 Å².